The van der Waals surface area contributed by atoms with Crippen molar-refractivity contribution in [3.8, 4) is 0 Å². The van der Waals surface area contributed by atoms with Gasteiger partial charge in [-0.3, -0.25) is 9.59 Å². The Morgan fingerprint density at radius 2 is 0.689 bits per heavy atom. The molecule has 0 aliphatic heterocycles. The van der Waals surface area contributed by atoms with Gasteiger partial charge in [0.25, 0.3) is 11.8 Å². The van der Waals surface area contributed by atoms with Crippen LogP contribution in [0.3, 0.4) is 0 Å². The first kappa shape index (κ1) is 40.8. The third kappa shape index (κ3) is 15.3. The van der Waals surface area contributed by atoms with Crippen LogP contribution in [0.25, 0.3) is 0 Å². The first-order valence-corrected chi connectivity index (χ1v) is 18.1. The fourth-order valence-electron chi connectivity index (χ4n) is 5.99. The number of amides is 2. The molecule has 9 heteroatoms. The molecule has 45 heavy (non-hydrogen) atoms. The van der Waals surface area contributed by atoms with Crippen LogP contribution >= 0.6 is 0 Å². The minimum atomic E-state index is -0.0370. The van der Waals surface area contributed by atoms with Crippen molar-refractivity contribution < 1.29 is 9.59 Å². The van der Waals surface area contributed by atoms with Crippen molar-refractivity contribution in [2.45, 2.75) is 81.1 Å². The van der Waals surface area contributed by atoms with Gasteiger partial charge in [0.05, 0.1) is 0 Å². The first-order chi connectivity index (χ1) is 21.7. The average Bonchev–Trinajstić information content (AvgIpc) is 3.06. The maximum Gasteiger partial charge on any atom is 0.253 e. The highest BCUT2D eigenvalue weighted by molar-refractivity contribution is 6.01. The summed E-state index contributed by atoms with van der Waals surface area (Å²) < 4.78 is 0. The molecular weight excluding hydrogens is 562 g/mol. The second-order valence-electron chi connectivity index (χ2n) is 11.9. The highest BCUT2D eigenvalue weighted by Gasteiger charge is 2.22. The first-order valence-electron chi connectivity index (χ1n) is 18.1. The molecule has 0 atom stereocenters. The zero-order valence-corrected chi connectivity index (χ0v) is 30.5. The number of benzene rings is 1. The van der Waals surface area contributed by atoms with E-state index >= 15 is 0 Å². The summed E-state index contributed by atoms with van der Waals surface area (Å²) in [5.41, 5.74) is 7.85. The minimum Gasteiger partial charge on any atom is -0.399 e. The molecule has 0 aliphatic rings. The number of nitrogen functional groups attached to an aromatic ring is 1. The fraction of sp³-hybridized carbons (Fsp3) is 0.778. The van der Waals surface area contributed by atoms with E-state index in [1.807, 2.05) is 9.80 Å². The van der Waals surface area contributed by atoms with Crippen LogP contribution in [0, 0.1) is 0 Å². The molecule has 260 valence electrons. The van der Waals surface area contributed by atoms with Crippen molar-refractivity contribution >= 4 is 17.5 Å². The van der Waals surface area contributed by atoms with Gasteiger partial charge in [-0.2, -0.15) is 0 Å². The number of anilines is 1. The van der Waals surface area contributed by atoms with Crippen LogP contribution in [-0.4, -0.2) is 146 Å². The van der Waals surface area contributed by atoms with E-state index in [2.05, 4.69) is 75.0 Å². The molecule has 0 aliphatic carbocycles. The second kappa shape index (κ2) is 24.0. The average molecular weight is 632 g/mol. The lowest BCUT2D eigenvalue weighted by molar-refractivity contribution is 0.0739. The summed E-state index contributed by atoms with van der Waals surface area (Å²) in [4.78, 5) is 41.5. The standard InChI is InChI=1S/C36H69N7O2/c1-9-38(10-2)21-17-25-42(26-18-22-39(11-3)12-4)35(44)32-29-33(31-34(37)30-32)36(45)43(27-19-23-40(13-5)14-6)28-20-24-41(15-7)16-8/h29-31H,9-28,37H2,1-8H3. The Labute approximate surface area is 277 Å². The van der Waals surface area contributed by atoms with Crippen molar-refractivity contribution in [2.24, 2.45) is 0 Å². The lowest BCUT2D eigenvalue weighted by atomic mass is 10.1. The third-order valence-corrected chi connectivity index (χ3v) is 9.21. The van der Waals surface area contributed by atoms with Gasteiger partial charge < -0.3 is 35.1 Å². The maximum absolute atomic E-state index is 14.0. The minimum absolute atomic E-state index is 0.0370. The van der Waals surface area contributed by atoms with Crippen molar-refractivity contribution in [3.63, 3.8) is 0 Å². The van der Waals surface area contributed by atoms with Crippen LogP contribution in [0.1, 0.15) is 102 Å². The quantitative estimate of drug-likeness (QED) is 0.143. The predicted octanol–water partition coefficient (Wildman–Crippen LogP) is 5.08. The van der Waals surface area contributed by atoms with Crippen LogP contribution in [0.4, 0.5) is 5.69 Å². The number of nitrogens with two attached hydrogens (primary N) is 1. The van der Waals surface area contributed by atoms with E-state index in [0.717, 1.165) is 104 Å². The van der Waals surface area contributed by atoms with Crippen LogP contribution in [0.5, 0.6) is 0 Å². The molecule has 0 saturated carbocycles. The highest BCUT2D eigenvalue weighted by Crippen LogP contribution is 2.18. The third-order valence-electron chi connectivity index (χ3n) is 9.21. The molecule has 2 N–H and O–H groups in total. The smallest absolute Gasteiger partial charge is 0.253 e. The van der Waals surface area contributed by atoms with Crippen LogP contribution in [0.2, 0.25) is 0 Å². The SMILES string of the molecule is CCN(CC)CCCN(CCCN(CC)CC)C(=O)c1cc(N)cc(C(=O)N(CCCN(CC)CC)CCCN(CC)CC)c1. The van der Waals surface area contributed by atoms with E-state index in [4.69, 9.17) is 5.73 Å². The molecule has 0 heterocycles. The molecule has 0 saturated heterocycles. The summed E-state index contributed by atoms with van der Waals surface area (Å²) in [5.74, 6) is -0.0740. The van der Waals surface area contributed by atoms with Crippen molar-refractivity contribution in [2.75, 3.05) is 110 Å². The molecule has 1 aromatic carbocycles. The molecule has 0 aromatic heterocycles. The van der Waals surface area contributed by atoms with Crippen molar-refractivity contribution in [3.05, 3.63) is 29.3 Å². The van der Waals surface area contributed by atoms with Gasteiger partial charge in [0.15, 0.2) is 0 Å². The van der Waals surface area contributed by atoms with E-state index < -0.39 is 0 Å². The Bertz CT molecular complexity index is 822. The van der Waals surface area contributed by atoms with Gasteiger partial charge in [0.1, 0.15) is 0 Å². The molecular formula is C36H69N7O2. The molecule has 0 spiro atoms. The summed E-state index contributed by atoms with van der Waals surface area (Å²) >= 11 is 0. The number of carbonyl (C=O) groups excluding carboxylic acids is 2. The van der Waals surface area contributed by atoms with Gasteiger partial charge in [-0.15, -0.1) is 0 Å². The fourth-order valence-corrected chi connectivity index (χ4v) is 5.99. The summed E-state index contributed by atoms with van der Waals surface area (Å²) in [6.45, 7) is 32.1. The second-order valence-corrected chi connectivity index (χ2v) is 11.9. The Morgan fingerprint density at radius 3 is 0.911 bits per heavy atom. The zero-order valence-electron chi connectivity index (χ0n) is 30.5. The summed E-state index contributed by atoms with van der Waals surface area (Å²) in [5, 5.41) is 0. The van der Waals surface area contributed by atoms with Gasteiger partial charge >= 0.3 is 0 Å². The highest BCUT2D eigenvalue weighted by atomic mass is 16.2. The largest absolute Gasteiger partial charge is 0.399 e. The summed E-state index contributed by atoms with van der Waals surface area (Å²) in [7, 11) is 0. The van der Waals surface area contributed by atoms with E-state index in [0.29, 0.717) is 43.0 Å². The van der Waals surface area contributed by atoms with Crippen LogP contribution < -0.4 is 5.73 Å². The molecule has 1 aromatic rings. The molecule has 1 rings (SSSR count). The van der Waals surface area contributed by atoms with Gasteiger partial charge in [0, 0.05) is 43.0 Å². The van der Waals surface area contributed by atoms with E-state index in [-0.39, 0.29) is 11.8 Å². The van der Waals surface area contributed by atoms with E-state index in [1.165, 1.54) is 0 Å². The lowest BCUT2D eigenvalue weighted by Gasteiger charge is -2.28. The molecule has 0 bridgehead atoms. The molecule has 0 radical (unpaired) electrons. The Morgan fingerprint density at radius 1 is 0.444 bits per heavy atom. The van der Waals surface area contributed by atoms with Crippen molar-refractivity contribution in [1.82, 2.24) is 29.4 Å². The van der Waals surface area contributed by atoms with Gasteiger partial charge in [-0.1, -0.05) is 55.4 Å². The molecule has 0 unspecified atom stereocenters. The Hall–Kier alpha value is -2.20. The van der Waals surface area contributed by atoms with E-state index in [9.17, 15) is 9.59 Å². The Kier molecular flexibility index (Phi) is 21.8. The topological polar surface area (TPSA) is 79.6 Å². The number of hydrogen-bond donors (Lipinski definition) is 1. The van der Waals surface area contributed by atoms with Crippen molar-refractivity contribution in [1.29, 1.82) is 0 Å². The summed E-state index contributed by atoms with van der Waals surface area (Å²) in [6, 6.07) is 5.27. The number of carbonyl (C=O) groups is 2. The lowest BCUT2D eigenvalue weighted by Crippen LogP contribution is -2.38. The number of nitrogens with zero attached hydrogens (tertiary/aromatic N) is 6. The Balaban J connectivity index is 3.20. The van der Waals surface area contributed by atoms with Crippen LogP contribution in [-0.2, 0) is 0 Å². The van der Waals surface area contributed by atoms with Gasteiger partial charge in [-0.05, 0) is 122 Å². The predicted molar refractivity (Wildman–Crippen MR) is 192 cm³/mol. The zero-order chi connectivity index (χ0) is 33.6. The van der Waals surface area contributed by atoms with E-state index in [1.54, 1.807) is 18.2 Å². The normalized spacial score (nSPS) is 11.7. The summed E-state index contributed by atoms with van der Waals surface area (Å²) in [6.07, 6.45) is 3.67. The van der Waals surface area contributed by atoms with Gasteiger partial charge in [-0.25, -0.2) is 0 Å². The molecule has 0 fully saturated rings. The maximum atomic E-state index is 14.0. The molecule has 9 nitrogen and oxygen atoms in total. The number of hydrogen-bond acceptors (Lipinski definition) is 7. The van der Waals surface area contributed by atoms with Crippen LogP contribution in [0.15, 0.2) is 18.2 Å². The monoisotopic (exact) mass is 632 g/mol. The molecule has 2 amide bonds. The van der Waals surface area contributed by atoms with Gasteiger partial charge in [0.2, 0.25) is 0 Å². The number of rotatable bonds is 26.